The molecule has 1 aromatic rings. The first kappa shape index (κ1) is 12.4. The topological polar surface area (TPSA) is 29.5 Å². The summed E-state index contributed by atoms with van der Waals surface area (Å²) in [4.78, 5) is 0. The molecule has 0 amide bonds. The van der Waals surface area contributed by atoms with Crippen molar-refractivity contribution >= 4 is 38.5 Å². The number of ether oxygens (including phenoxy) is 1. The van der Waals surface area contributed by atoms with Gasteiger partial charge in [-0.05, 0) is 64.8 Å². The van der Waals surface area contributed by atoms with E-state index in [1.807, 2.05) is 18.2 Å². The van der Waals surface area contributed by atoms with Crippen molar-refractivity contribution in [3.8, 4) is 0 Å². The number of rotatable bonds is 2. The van der Waals surface area contributed by atoms with Crippen molar-refractivity contribution in [3.63, 3.8) is 0 Å². The second-order valence-electron chi connectivity index (χ2n) is 3.74. The fourth-order valence-corrected chi connectivity index (χ4v) is 2.69. The maximum atomic E-state index is 10.3. The zero-order valence-corrected chi connectivity index (χ0v) is 12.4. The van der Waals surface area contributed by atoms with Gasteiger partial charge in [0.25, 0.3) is 0 Å². The minimum absolute atomic E-state index is 0.565. The zero-order chi connectivity index (χ0) is 11.5. The van der Waals surface area contributed by atoms with Crippen LogP contribution in [0.15, 0.2) is 34.5 Å². The van der Waals surface area contributed by atoms with Crippen molar-refractivity contribution in [2.24, 2.45) is 0 Å². The SMILES string of the molecule is OC(C1=COCCC1)c1cc(I)ccc1Br. The average molecular weight is 395 g/mol. The van der Waals surface area contributed by atoms with Gasteiger partial charge < -0.3 is 9.84 Å². The van der Waals surface area contributed by atoms with Crippen molar-refractivity contribution in [1.82, 2.24) is 0 Å². The summed E-state index contributed by atoms with van der Waals surface area (Å²) in [5, 5.41) is 10.3. The van der Waals surface area contributed by atoms with Gasteiger partial charge in [-0.1, -0.05) is 15.9 Å². The third kappa shape index (κ3) is 2.78. The van der Waals surface area contributed by atoms with Gasteiger partial charge in [-0.2, -0.15) is 0 Å². The molecule has 1 aliphatic rings. The smallest absolute Gasteiger partial charge is 0.104 e. The van der Waals surface area contributed by atoms with E-state index in [9.17, 15) is 5.11 Å². The molecule has 1 N–H and O–H groups in total. The first-order valence-corrected chi connectivity index (χ1v) is 6.99. The van der Waals surface area contributed by atoms with Gasteiger partial charge in [-0.25, -0.2) is 0 Å². The van der Waals surface area contributed by atoms with Crippen LogP contribution in [-0.2, 0) is 4.74 Å². The van der Waals surface area contributed by atoms with Crippen LogP contribution < -0.4 is 0 Å². The summed E-state index contributed by atoms with van der Waals surface area (Å²) in [7, 11) is 0. The van der Waals surface area contributed by atoms with Crippen molar-refractivity contribution in [1.29, 1.82) is 0 Å². The highest BCUT2D eigenvalue weighted by Gasteiger charge is 2.18. The van der Waals surface area contributed by atoms with Crippen molar-refractivity contribution in [3.05, 3.63) is 43.6 Å². The summed E-state index contributed by atoms with van der Waals surface area (Å²) < 4.78 is 7.31. The van der Waals surface area contributed by atoms with E-state index >= 15 is 0 Å². The first-order chi connectivity index (χ1) is 7.68. The second kappa shape index (κ2) is 5.51. The maximum absolute atomic E-state index is 10.3. The summed E-state index contributed by atoms with van der Waals surface area (Å²) in [6.45, 7) is 0.754. The standard InChI is InChI=1S/C12H12BrIO2/c13-11-4-3-9(14)6-10(11)12(15)8-2-1-5-16-7-8/h3-4,6-7,12,15H,1-2,5H2. The predicted molar refractivity (Wildman–Crippen MR) is 75.1 cm³/mol. The van der Waals surface area contributed by atoms with Crippen LogP contribution in [0.4, 0.5) is 0 Å². The van der Waals surface area contributed by atoms with E-state index in [1.54, 1.807) is 6.26 Å². The number of hydrogen-bond donors (Lipinski definition) is 1. The van der Waals surface area contributed by atoms with E-state index in [1.165, 1.54) is 0 Å². The molecule has 0 aromatic heterocycles. The highest BCUT2D eigenvalue weighted by atomic mass is 127. The number of aliphatic hydroxyl groups excluding tert-OH is 1. The van der Waals surface area contributed by atoms with E-state index in [0.717, 1.165) is 38.6 Å². The zero-order valence-electron chi connectivity index (χ0n) is 8.62. The fourth-order valence-electron chi connectivity index (χ4n) is 1.71. The molecule has 1 aliphatic heterocycles. The molecular weight excluding hydrogens is 383 g/mol. The molecule has 16 heavy (non-hydrogen) atoms. The monoisotopic (exact) mass is 394 g/mol. The average Bonchev–Trinajstić information content (AvgIpc) is 2.32. The Hall–Kier alpha value is -0.0700. The van der Waals surface area contributed by atoms with Gasteiger partial charge in [-0.3, -0.25) is 0 Å². The lowest BCUT2D eigenvalue weighted by molar-refractivity contribution is 0.170. The third-order valence-electron chi connectivity index (χ3n) is 2.57. The Morgan fingerprint density at radius 1 is 1.44 bits per heavy atom. The molecule has 4 heteroatoms. The van der Waals surface area contributed by atoms with Crippen LogP contribution in [-0.4, -0.2) is 11.7 Å². The van der Waals surface area contributed by atoms with Gasteiger partial charge in [0.1, 0.15) is 6.10 Å². The number of aliphatic hydroxyl groups is 1. The second-order valence-corrected chi connectivity index (χ2v) is 5.84. The Bertz CT molecular complexity index is 417. The van der Waals surface area contributed by atoms with Gasteiger partial charge in [0.15, 0.2) is 0 Å². The molecule has 0 bridgehead atoms. The minimum Gasteiger partial charge on any atom is -0.501 e. The van der Waals surface area contributed by atoms with Gasteiger partial charge in [0, 0.05) is 8.04 Å². The fraction of sp³-hybridized carbons (Fsp3) is 0.333. The number of benzene rings is 1. The first-order valence-electron chi connectivity index (χ1n) is 5.12. The quantitative estimate of drug-likeness (QED) is 0.773. The lowest BCUT2D eigenvalue weighted by Gasteiger charge is -2.20. The van der Waals surface area contributed by atoms with Crippen LogP contribution in [0.3, 0.4) is 0 Å². The van der Waals surface area contributed by atoms with Crippen LogP contribution >= 0.6 is 38.5 Å². The summed E-state index contributed by atoms with van der Waals surface area (Å²) in [6, 6.07) is 5.96. The van der Waals surface area contributed by atoms with Crippen LogP contribution in [0.1, 0.15) is 24.5 Å². The molecule has 0 saturated carbocycles. The number of hydrogen-bond acceptors (Lipinski definition) is 2. The minimum atomic E-state index is -0.565. The molecule has 0 fully saturated rings. The molecule has 1 aromatic carbocycles. The number of halogens is 2. The Morgan fingerprint density at radius 3 is 2.94 bits per heavy atom. The van der Waals surface area contributed by atoms with Crippen molar-refractivity contribution < 1.29 is 9.84 Å². The third-order valence-corrected chi connectivity index (χ3v) is 3.96. The summed E-state index contributed by atoms with van der Waals surface area (Å²) in [6.07, 6.45) is 3.01. The van der Waals surface area contributed by atoms with Crippen molar-refractivity contribution in [2.45, 2.75) is 18.9 Å². The van der Waals surface area contributed by atoms with E-state index in [0.29, 0.717) is 0 Å². The normalized spacial score (nSPS) is 17.6. The van der Waals surface area contributed by atoms with E-state index in [2.05, 4.69) is 38.5 Å². The van der Waals surface area contributed by atoms with Gasteiger partial charge in [-0.15, -0.1) is 0 Å². The van der Waals surface area contributed by atoms with Crippen molar-refractivity contribution in [2.75, 3.05) is 6.61 Å². The summed E-state index contributed by atoms with van der Waals surface area (Å²) in [5.41, 5.74) is 1.86. The van der Waals surface area contributed by atoms with Gasteiger partial charge in [0.05, 0.1) is 12.9 Å². The largest absolute Gasteiger partial charge is 0.501 e. The van der Waals surface area contributed by atoms with Crippen LogP contribution in [0.25, 0.3) is 0 Å². The van der Waals surface area contributed by atoms with Crippen LogP contribution in [0.2, 0.25) is 0 Å². The molecule has 1 atom stereocenters. The molecule has 0 aliphatic carbocycles. The lowest BCUT2D eigenvalue weighted by Crippen LogP contribution is -2.08. The summed E-state index contributed by atoms with van der Waals surface area (Å²) >= 11 is 5.71. The predicted octanol–water partition coefficient (Wildman–Crippen LogP) is 3.78. The molecular formula is C12H12BrIO2. The Kier molecular flexibility index (Phi) is 4.27. The Morgan fingerprint density at radius 2 is 2.25 bits per heavy atom. The van der Waals surface area contributed by atoms with Gasteiger partial charge >= 0.3 is 0 Å². The molecule has 1 heterocycles. The highest BCUT2D eigenvalue weighted by Crippen LogP contribution is 2.32. The molecule has 0 radical (unpaired) electrons. The molecule has 2 nitrogen and oxygen atoms in total. The van der Waals surface area contributed by atoms with Crippen LogP contribution in [0.5, 0.6) is 0 Å². The molecule has 0 saturated heterocycles. The Labute approximate surface area is 117 Å². The lowest BCUT2D eigenvalue weighted by atomic mass is 9.98. The molecule has 0 spiro atoms. The van der Waals surface area contributed by atoms with E-state index in [4.69, 9.17) is 4.74 Å². The molecule has 2 rings (SSSR count). The van der Waals surface area contributed by atoms with Crippen LogP contribution in [0, 0.1) is 3.57 Å². The summed E-state index contributed by atoms with van der Waals surface area (Å²) in [5.74, 6) is 0. The maximum Gasteiger partial charge on any atom is 0.104 e. The van der Waals surface area contributed by atoms with E-state index in [-0.39, 0.29) is 0 Å². The molecule has 1 unspecified atom stereocenters. The highest BCUT2D eigenvalue weighted by molar-refractivity contribution is 14.1. The van der Waals surface area contributed by atoms with Gasteiger partial charge in [0.2, 0.25) is 0 Å². The van der Waals surface area contributed by atoms with E-state index < -0.39 is 6.10 Å². The Balaban J connectivity index is 2.29. The molecule has 86 valence electrons.